The summed E-state index contributed by atoms with van der Waals surface area (Å²) in [7, 11) is 1.32. The molecule has 0 aliphatic carbocycles. The maximum Gasteiger partial charge on any atom is 0.358 e. The van der Waals surface area contributed by atoms with Gasteiger partial charge in [0.2, 0.25) is 0 Å². The van der Waals surface area contributed by atoms with Crippen molar-refractivity contribution in [1.82, 2.24) is 9.78 Å². The van der Waals surface area contributed by atoms with Gasteiger partial charge in [0.15, 0.2) is 5.69 Å². The third-order valence-corrected chi connectivity index (χ3v) is 4.24. The van der Waals surface area contributed by atoms with Gasteiger partial charge in [-0.15, -0.1) is 0 Å². The van der Waals surface area contributed by atoms with E-state index in [1.165, 1.54) is 7.11 Å². The van der Waals surface area contributed by atoms with Crippen molar-refractivity contribution < 1.29 is 14.3 Å². The van der Waals surface area contributed by atoms with Crippen LogP contribution in [0.1, 0.15) is 16.1 Å². The van der Waals surface area contributed by atoms with Gasteiger partial charge in [-0.25, -0.2) is 9.48 Å². The Morgan fingerprint density at radius 1 is 1.08 bits per heavy atom. The number of rotatable bonds is 5. The molecular formula is C18H14Cl2N2O3. The molecule has 0 atom stereocenters. The first-order valence-corrected chi connectivity index (χ1v) is 8.14. The highest BCUT2D eigenvalue weighted by molar-refractivity contribution is 6.35. The summed E-state index contributed by atoms with van der Waals surface area (Å²) in [6.45, 7) is 0.270. The van der Waals surface area contributed by atoms with Gasteiger partial charge < -0.3 is 9.47 Å². The number of methoxy groups -OCH3 is 1. The molecule has 0 saturated heterocycles. The van der Waals surface area contributed by atoms with E-state index in [4.69, 9.17) is 27.9 Å². The quantitative estimate of drug-likeness (QED) is 0.613. The number of hydrogen-bond acceptors (Lipinski definition) is 4. The summed E-state index contributed by atoms with van der Waals surface area (Å²) in [6.07, 6.45) is 1.69. The average molecular weight is 377 g/mol. The molecule has 1 heterocycles. The number of benzene rings is 2. The van der Waals surface area contributed by atoms with Gasteiger partial charge >= 0.3 is 5.97 Å². The Labute approximate surface area is 154 Å². The predicted octanol–water partition coefficient (Wildman–Crippen LogP) is 4.54. The van der Waals surface area contributed by atoms with Crippen LogP contribution in [0.5, 0.6) is 5.75 Å². The SMILES string of the molecule is COC(=O)c1ccn(-c2ccc(OCc3c(Cl)cccc3Cl)cc2)n1. The van der Waals surface area contributed by atoms with E-state index in [0.717, 1.165) is 11.3 Å². The van der Waals surface area contributed by atoms with E-state index < -0.39 is 5.97 Å². The second kappa shape index (κ2) is 7.59. The molecule has 0 N–H and O–H groups in total. The van der Waals surface area contributed by atoms with Gasteiger partial charge in [-0.2, -0.15) is 5.10 Å². The molecule has 0 spiro atoms. The minimum atomic E-state index is -0.477. The van der Waals surface area contributed by atoms with E-state index in [-0.39, 0.29) is 12.3 Å². The van der Waals surface area contributed by atoms with Crippen LogP contribution in [0.25, 0.3) is 5.69 Å². The molecule has 2 aromatic carbocycles. The lowest BCUT2D eigenvalue weighted by Crippen LogP contribution is -2.04. The Morgan fingerprint density at radius 2 is 1.76 bits per heavy atom. The molecule has 1 aromatic heterocycles. The van der Waals surface area contributed by atoms with Gasteiger partial charge in [-0.1, -0.05) is 29.3 Å². The van der Waals surface area contributed by atoms with Gasteiger partial charge in [0.05, 0.1) is 12.8 Å². The molecule has 0 aliphatic heterocycles. The summed E-state index contributed by atoms with van der Waals surface area (Å²) in [5.41, 5.74) is 1.78. The second-order valence-electron chi connectivity index (χ2n) is 5.12. The number of carbonyl (C=O) groups is 1. The zero-order valence-corrected chi connectivity index (χ0v) is 14.8. The van der Waals surface area contributed by atoms with Gasteiger partial charge in [0.25, 0.3) is 0 Å². The number of hydrogen-bond donors (Lipinski definition) is 0. The third-order valence-electron chi connectivity index (χ3n) is 3.53. The fraction of sp³-hybridized carbons (Fsp3) is 0.111. The summed E-state index contributed by atoms with van der Waals surface area (Å²) >= 11 is 12.3. The minimum absolute atomic E-state index is 0.246. The molecule has 5 nitrogen and oxygen atoms in total. The second-order valence-corrected chi connectivity index (χ2v) is 5.93. The van der Waals surface area contributed by atoms with Crippen molar-refractivity contribution in [3.63, 3.8) is 0 Å². The smallest absolute Gasteiger partial charge is 0.358 e. The molecule has 3 rings (SSSR count). The average Bonchev–Trinajstić information content (AvgIpc) is 3.11. The van der Waals surface area contributed by atoms with Crippen molar-refractivity contribution in [3.05, 3.63) is 76.0 Å². The molecule has 0 radical (unpaired) electrons. The first-order valence-electron chi connectivity index (χ1n) is 7.38. The number of carbonyl (C=O) groups excluding carboxylic acids is 1. The number of esters is 1. The largest absolute Gasteiger partial charge is 0.489 e. The van der Waals surface area contributed by atoms with E-state index in [1.54, 1.807) is 47.3 Å². The molecule has 0 aliphatic rings. The zero-order chi connectivity index (χ0) is 17.8. The monoisotopic (exact) mass is 376 g/mol. The van der Waals surface area contributed by atoms with Gasteiger partial charge in [-0.05, 0) is 42.5 Å². The lowest BCUT2D eigenvalue weighted by Gasteiger charge is -2.10. The van der Waals surface area contributed by atoms with Crippen molar-refractivity contribution in [3.8, 4) is 11.4 Å². The Bertz CT molecular complexity index is 871. The van der Waals surface area contributed by atoms with Crippen LogP contribution >= 0.6 is 23.2 Å². The van der Waals surface area contributed by atoms with Crippen molar-refractivity contribution in [1.29, 1.82) is 0 Å². The highest BCUT2D eigenvalue weighted by Crippen LogP contribution is 2.26. The molecule has 0 bridgehead atoms. The highest BCUT2D eigenvalue weighted by atomic mass is 35.5. The Hall–Kier alpha value is -2.50. The first kappa shape index (κ1) is 17.3. The summed E-state index contributed by atoms with van der Waals surface area (Å²) in [5, 5.41) is 5.30. The lowest BCUT2D eigenvalue weighted by atomic mass is 10.2. The van der Waals surface area contributed by atoms with Gasteiger partial charge in [0.1, 0.15) is 12.4 Å². The summed E-state index contributed by atoms with van der Waals surface area (Å²) in [6, 6.07) is 14.2. The molecule has 3 aromatic rings. The topological polar surface area (TPSA) is 53.4 Å². The Morgan fingerprint density at radius 3 is 2.40 bits per heavy atom. The van der Waals surface area contributed by atoms with E-state index in [9.17, 15) is 4.79 Å². The van der Waals surface area contributed by atoms with Crippen LogP contribution < -0.4 is 4.74 Å². The van der Waals surface area contributed by atoms with Crippen molar-refractivity contribution in [2.45, 2.75) is 6.61 Å². The fourth-order valence-electron chi connectivity index (χ4n) is 2.20. The summed E-state index contributed by atoms with van der Waals surface area (Å²) < 4.78 is 12.0. The molecule has 128 valence electrons. The van der Waals surface area contributed by atoms with Gasteiger partial charge in [0, 0.05) is 21.8 Å². The number of nitrogens with zero attached hydrogens (tertiary/aromatic N) is 2. The van der Waals surface area contributed by atoms with Crippen LogP contribution in [0.2, 0.25) is 10.0 Å². The fourth-order valence-corrected chi connectivity index (χ4v) is 2.71. The lowest BCUT2D eigenvalue weighted by molar-refractivity contribution is 0.0593. The van der Waals surface area contributed by atoms with E-state index in [1.807, 2.05) is 12.1 Å². The maximum absolute atomic E-state index is 11.4. The minimum Gasteiger partial charge on any atom is -0.489 e. The first-order chi connectivity index (χ1) is 12.1. The van der Waals surface area contributed by atoms with Crippen LogP contribution in [0.4, 0.5) is 0 Å². The normalized spacial score (nSPS) is 10.5. The Kier molecular flexibility index (Phi) is 5.26. The summed E-state index contributed by atoms with van der Waals surface area (Å²) in [4.78, 5) is 11.4. The van der Waals surface area contributed by atoms with E-state index >= 15 is 0 Å². The Balaban J connectivity index is 1.70. The third kappa shape index (κ3) is 3.95. The maximum atomic E-state index is 11.4. The van der Waals surface area contributed by atoms with Crippen LogP contribution in [-0.4, -0.2) is 22.9 Å². The zero-order valence-electron chi connectivity index (χ0n) is 13.3. The highest BCUT2D eigenvalue weighted by Gasteiger charge is 2.10. The van der Waals surface area contributed by atoms with Crippen LogP contribution in [0.15, 0.2) is 54.7 Å². The summed E-state index contributed by atoms with van der Waals surface area (Å²) in [5.74, 6) is 0.190. The van der Waals surface area contributed by atoms with Crippen LogP contribution in [0.3, 0.4) is 0 Å². The number of aromatic nitrogens is 2. The molecule has 0 amide bonds. The van der Waals surface area contributed by atoms with Crippen molar-refractivity contribution in [2.24, 2.45) is 0 Å². The number of ether oxygens (including phenoxy) is 2. The predicted molar refractivity (Wildman–Crippen MR) is 95.7 cm³/mol. The number of halogens is 2. The molecule has 25 heavy (non-hydrogen) atoms. The molecule has 0 saturated carbocycles. The molecular weight excluding hydrogens is 363 g/mol. The van der Waals surface area contributed by atoms with Crippen LogP contribution in [0, 0.1) is 0 Å². The van der Waals surface area contributed by atoms with Crippen molar-refractivity contribution in [2.75, 3.05) is 7.11 Å². The molecule has 0 fully saturated rings. The van der Waals surface area contributed by atoms with E-state index in [2.05, 4.69) is 9.84 Å². The standard InChI is InChI=1S/C18H14Cl2N2O3/c1-24-18(23)17-9-10-22(21-17)12-5-7-13(8-6-12)25-11-14-15(19)3-2-4-16(14)20/h2-10H,11H2,1H3. The van der Waals surface area contributed by atoms with Crippen molar-refractivity contribution >= 4 is 29.2 Å². The van der Waals surface area contributed by atoms with E-state index in [0.29, 0.717) is 15.8 Å². The van der Waals surface area contributed by atoms with Gasteiger partial charge in [-0.3, -0.25) is 0 Å². The molecule has 7 heteroatoms. The molecule has 0 unspecified atom stereocenters. The van der Waals surface area contributed by atoms with Crippen LogP contribution in [-0.2, 0) is 11.3 Å².